The molecule has 0 unspecified atom stereocenters. The first-order chi connectivity index (χ1) is 11.7. The Kier molecular flexibility index (Phi) is 5.59. The van der Waals surface area contributed by atoms with Gasteiger partial charge in [0.2, 0.25) is 5.91 Å². The van der Waals surface area contributed by atoms with Crippen LogP contribution in [0.25, 0.3) is 6.08 Å². The SMILES string of the molecule is Cc1ccc(/C=C/C(=O)Nc2cccc(NC(=O)C(F)(F)F)c2)cc1. The van der Waals surface area contributed by atoms with E-state index in [4.69, 9.17) is 0 Å². The van der Waals surface area contributed by atoms with E-state index < -0.39 is 18.0 Å². The first kappa shape index (κ1) is 18.3. The van der Waals surface area contributed by atoms with Crippen molar-refractivity contribution in [2.24, 2.45) is 0 Å². The zero-order valence-electron chi connectivity index (χ0n) is 13.2. The molecule has 0 aliphatic rings. The molecule has 130 valence electrons. The van der Waals surface area contributed by atoms with Crippen LogP contribution in [0, 0.1) is 6.92 Å². The highest BCUT2D eigenvalue weighted by molar-refractivity contribution is 6.02. The Balaban J connectivity index is 2.00. The van der Waals surface area contributed by atoms with E-state index in [2.05, 4.69) is 5.32 Å². The maximum atomic E-state index is 12.2. The molecule has 0 saturated heterocycles. The van der Waals surface area contributed by atoms with E-state index in [-0.39, 0.29) is 11.4 Å². The van der Waals surface area contributed by atoms with Gasteiger partial charge in [-0.05, 0) is 36.8 Å². The number of halogens is 3. The van der Waals surface area contributed by atoms with E-state index in [1.165, 1.54) is 30.3 Å². The summed E-state index contributed by atoms with van der Waals surface area (Å²) in [5.74, 6) is -2.52. The van der Waals surface area contributed by atoms with Gasteiger partial charge >= 0.3 is 12.1 Å². The maximum Gasteiger partial charge on any atom is 0.471 e. The summed E-state index contributed by atoms with van der Waals surface area (Å²) in [7, 11) is 0. The van der Waals surface area contributed by atoms with Gasteiger partial charge in [0, 0.05) is 17.5 Å². The Labute approximate surface area is 142 Å². The van der Waals surface area contributed by atoms with Gasteiger partial charge in [0.15, 0.2) is 0 Å². The third-order valence-corrected chi connectivity index (χ3v) is 3.15. The second kappa shape index (κ2) is 7.65. The fourth-order valence-electron chi connectivity index (χ4n) is 1.91. The molecule has 0 radical (unpaired) electrons. The summed E-state index contributed by atoms with van der Waals surface area (Å²) in [6.07, 6.45) is -2.05. The van der Waals surface area contributed by atoms with Crippen LogP contribution in [-0.4, -0.2) is 18.0 Å². The lowest BCUT2D eigenvalue weighted by Gasteiger charge is -2.09. The lowest BCUT2D eigenvalue weighted by atomic mass is 10.1. The molecule has 0 spiro atoms. The highest BCUT2D eigenvalue weighted by Crippen LogP contribution is 2.20. The molecule has 0 fully saturated rings. The number of rotatable bonds is 4. The number of amides is 2. The van der Waals surface area contributed by atoms with E-state index in [1.807, 2.05) is 31.2 Å². The number of carbonyl (C=O) groups excluding carboxylic acids is 2. The lowest BCUT2D eigenvalue weighted by molar-refractivity contribution is -0.167. The number of aryl methyl sites for hydroxylation is 1. The highest BCUT2D eigenvalue weighted by atomic mass is 19.4. The van der Waals surface area contributed by atoms with E-state index in [0.29, 0.717) is 0 Å². The Bertz CT molecular complexity index is 797. The smallest absolute Gasteiger partial charge is 0.322 e. The monoisotopic (exact) mass is 348 g/mol. The van der Waals surface area contributed by atoms with Gasteiger partial charge in [0.25, 0.3) is 0 Å². The van der Waals surface area contributed by atoms with Crippen molar-refractivity contribution < 1.29 is 22.8 Å². The van der Waals surface area contributed by atoms with Gasteiger partial charge in [-0.25, -0.2) is 0 Å². The van der Waals surface area contributed by atoms with Crippen LogP contribution in [0.3, 0.4) is 0 Å². The summed E-state index contributed by atoms with van der Waals surface area (Å²) in [6, 6.07) is 13.0. The normalized spacial score (nSPS) is 11.4. The minimum atomic E-state index is -4.98. The van der Waals surface area contributed by atoms with Crippen LogP contribution in [0.15, 0.2) is 54.6 Å². The minimum Gasteiger partial charge on any atom is -0.322 e. The Hall–Kier alpha value is -3.09. The summed E-state index contributed by atoms with van der Waals surface area (Å²) >= 11 is 0. The van der Waals surface area contributed by atoms with Crippen molar-refractivity contribution in [2.45, 2.75) is 13.1 Å². The van der Waals surface area contributed by atoms with Crippen LogP contribution in [0.4, 0.5) is 24.5 Å². The zero-order valence-corrected chi connectivity index (χ0v) is 13.2. The molecular formula is C18H15F3N2O2. The predicted molar refractivity (Wildman–Crippen MR) is 90.0 cm³/mol. The summed E-state index contributed by atoms with van der Waals surface area (Å²) < 4.78 is 36.7. The first-order valence-electron chi connectivity index (χ1n) is 7.28. The summed E-state index contributed by atoms with van der Waals surface area (Å²) in [5.41, 5.74) is 2.13. The molecule has 25 heavy (non-hydrogen) atoms. The Morgan fingerprint density at radius 2 is 1.56 bits per heavy atom. The number of alkyl halides is 3. The zero-order chi connectivity index (χ0) is 18.4. The molecule has 2 aromatic carbocycles. The van der Waals surface area contributed by atoms with E-state index in [0.717, 1.165) is 11.1 Å². The van der Waals surface area contributed by atoms with Crippen LogP contribution >= 0.6 is 0 Å². The van der Waals surface area contributed by atoms with E-state index in [1.54, 1.807) is 11.4 Å². The third-order valence-electron chi connectivity index (χ3n) is 3.15. The molecule has 2 aromatic rings. The van der Waals surface area contributed by atoms with Gasteiger partial charge in [0.05, 0.1) is 0 Å². The van der Waals surface area contributed by atoms with Crippen molar-refractivity contribution in [1.29, 1.82) is 0 Å². The standard InChI is InChI=1S/C18H15F3N2O2/c1-12-5-7-13(8-6-12)9-10-16(24)22-14-3-2-4-15(11-14)23-17(25)18(19,20)21/h2-11H,1H3,(H,22,24)(H,23,25)/b10-9+. The van der Waals surface area contributed by atoms with Gasteiger partial charge in [0.1, 0.15) is 0 Å². The molecular weight excluding hydrogens is 333 g/mol. The second-order valence-electron chi connectivity index (χ2n) is 5.27. The summed E-state index contributed by atoms with van der Waals surface area (Å²) in [4.78, 5) is 22.8. The van der Waals surface area contributed by atoms with Gasteiger partial charge in [-0.2, -0.15) is 13.2 Å². The van der Waals surface area contributed by atoms with Gasteiger partial charge < -0.3 is 10.6 Å². The van der Waals surface area contributed by atoms with E-state index in [9.17, 15) is 22.8 Å². The topological polar surface area (TPSA) is 58.2 Å². The van der Waals surface area contributed by atoms with Crippen LogP contribution in [0.1, 0.15) is 11.1 Å². The van der Waals surface area contributed by atoms with Crippen LogP contribution in [0.5, 0.6) is 0 Å². The van der Waals surface area contributed by atoms with Gasteiger partial charge in [-0.1, -0.05) is 35.9 Å². The van der Waals surface area contributed by atoms with Gasteiger partial charge in [-0.15, -0.1) is 0 Å². The fourth-order valence-corrected chi connectivity index (χ4v) is 1.91. The second-order valence-corrected chi connectivity index (χ2v) is 5.27. The largest absolute Gasteiger partial charge is 0.471 e. The number of carbonyl (C=O) groups is 2. The van der Waals surface area contributed by atoms with Crippen molar-refractivity contribution >= 4 is 29.3 Å². The van der Waals surface area contributed by atoms with E-state index >= 15 is 0 Å². The maximum absolute atomic E-state index is 12.2. The number of hydrogen-bond acceptors (Lipinski definition) is 2. The minimum absolute atomic E-state index is 0.0670. The van der Waals surface area contributed by atoms with Crippen molar-refractivity contribution in [3.63, 3.8) is 0 Å². The fraction of sp³-hybridized carbons (Fsp3) is 0.111. The van der Waals surface area contributed by atoms with Crippen LogP contribution in [0.2, 0.25) is 0 Å². The molecule has 4 nitrogen and oxygen atoms in total. The van der Waals surface area contributed by atoms with Gasteiger partial charge in [-0.3, -0.25) is 9.59 Å². The molecule has 0 atom stereocenters. The Morgan fingerprint density at radius 3 is 2.16 bits per heavy atom. The molecule has 0 bridgehead atoms. The molecule has 0 heterocycles. The van der Waals surface area contributed by atoms with Crippen molar-refractivity contribution in [1.82, 2.24) is 0 Å². The molecule has 0 saturated carbocycles. The van der Waals surface area contributed by atoms with Crippen LogP contribution in [-0.2, 0) is 9.59 Å². The van der Waals surface area contributed by atoms with Crippen molar-refractivity contribution in [3.8, 4) is 0 Å². The molecule has 0 aromatic heterocycles. The Morgan fingerprint density at radius 1 is 0.960 bits per heavy atom. The van der Waals surface area contributed by atoms with Crippen molar-refractivity contribution in [2.75, 3.05) is 10.6 Å². The molecule has 7 heteroatoms. The number of hydrogen-bond donors (Lipinski definition) is 2. The average molecular weight is 348 g/mol. The summed E-state index contributed by atoms with van der Waals surface area (Å²) in [6.45, 7) is 1.95. The number of nitrogens with one attached hydrogen (secondary N) is 2. The lowest BCUT2D eigenvalue weighted by Crippen LogP contribution is -2.29. The number of benzene rings is 2. The van der Waals surface area contributed by atoms with Crippen molar-refractivity contribution in [3.05, 3.63) is 65.7 Å². The number of anilines is 2. The first-order valence-corrected chi connectivity index (χ1v) is 7.28. The molecule has 0 aliphatic carbocycles. The highest BCUT2D eigenvalue weighted by Gasteiger charge is 2.38. The molecule has 2 rings (SSSR count). The third kappa shape index (κ3) is 5.80. The molecule has 2 amide bonds. The average Bonchev–Trinajstić information content (AvgIpc) is 2.54. The predicted octanol–water partition coefficient (Wildman–Crippen LogP) is 4.15. The molecule has 0 aliphatic heterocycles. The molecule has 2 N–H and O–H groups in total. The summed E-state index contributed by atoms with van der Waals surface area (Å²) in [5, 5.41) is 4.24. The quantitative estimate of drug-likeness (QED) is 0.816. The van der Waals surface area contributed by atoms with Crippen LogP contribution < -0.4 is 10.6 Å².